The maximum Gasteiger partial charge on any atom is 0.148 e. The summed E-state index contributed by atoms with van der Waals surface area (Å²) in [5.74, 6) is 0.340. The van der Waals surface area contributed by atoms with Crippen molar-refractivity contribution in [2.45, 2.75) is 19.4 Å². The van der Waals surface area contributed by atoms with Gasteiger partial charge in [0.25, 0.3) is 0 Å². The van der Waals surface area contributed by atoms with Crippen LogP contribution in [0.2, 0.25) is 0 Å². The molecule has 1 unspecified atom stereocenters. The molecule has 0 saturated carbocycles. The predicted molar refractivity (Wildman–Crippen MR) is 27.1 cm³/mol. The van der Waals surface area contributed by atoms with E-state index in [0.29, 0.717) is 18.4 Å². The summed E-state index contributed by atoms with van der Waals surface area (Å²) in [5.41, 5.74) is 0. The molecule has 1 aliphatic heterocycles. The average Bonchev–Trinajstić information content (AvgIpc) is 1.87. The van der Waals surface area contributed by atoms with Gasteiger partial charge in [-0.2, -0.15) is 0 Å². The largest absolute Gasteiger partial charge is 0.307 e. The van der Waals surface area contributed by atoms with E-state index in [0.717, 1.165) is 6.42 Å². The maximum atomic E-state index is 10.4. The van der Waals surface area contributed by atoms with Crippen molar-refractivity contribution in [2.75, 3.05) is 6.54 Å². The summed E-state index contributed by atoms with van der Waals surface area (Å²) in [4.78, 5) is 10.4. The molecule has 0 aromatic heterocycles. The van der Waals surface area contributed by atoms with Gasteiger partial charge in [-0.15, -0.1) is 0 Å². The van der Waals surface area contributed by atoms with E-state index in [1.165, 1.54) is 0 Å². The normalized spacial score (nSPS) is 31.6. The quantitative estimate of drug-likeness (QED) is 0.461. The van der Waals surface area contributed by atoms with Gasteiger partial charge in [-0.25, -0.2) is 0 Å². The highest BCUT2D eigenvalue weighted by molar-refractivity contribution is 5.83. The lowest BCUT2D eigenvalue weighted by atomic mass is 10.2. The molecule has 0 aliphatic carbocycles. The van der Waals surface area contributed by atoms with Crippen molar-refractivity contribution in [1.82, 2.24) is 5.32 Å². The van der Waals surface area contributed by atoms with E-state index in [1.54, 1.807) is 0 Å². The van der Waals surface area contributed by atoms with Crippen molar-refractivity contribution in [3.8, 4) is 0 Å². The predicted octanol–water partition coefficient (Wildman–Crippen LogP) is -0.0627. The van der Waals surface area contributed by atoms with Crippen LogP contribution in [0.15, 0.2) is 0 Å². The number of hydrogen-bond acceptors (Lipinski definition) is 2. The molecule has 1 rings (SSSR count). The van der Waals surface area contributed by atoms with E-state index < -0.39 is 0 Å². The minimum atomic E-state index is 0.340. The molecule has 1 saturated heterocycles. The average molecular weight is 99.1 g/mol. The minimum absolute atomic E-state index is 0.340. The summed E-state index contributed by atoms with van der Waals surface area (Å²) in [6.07, 6.45) is 0.722. The number of ketones is 1. The lowest BCUT2D eigenvalue weighted by molar-refractivity contribution is -0.116. The van der Waals surface area contributed by atoms with E-state index in [9.17, 15) is 4.79 Å². The van der Waals surface area contributed by atoms with Gasteiger partial charge in [-0.3, -0.25) is 4.79 Å². The molecule has 2 heteroatoms. The van der Waals surface area contributed by atoms with Gasteiger partial charge in [-0.1, -0.05) is 0 Å². The fourth-order valence-electron chi connectivity index (χ4n) is 0.774. The highest BCUT2D eigenvalue weighted by Gasteiger charge is 2.15. The summed E-state index contributed by atoms with van der Waals surface area (Å²) in [7, 11) is 0. The van der Waals surface area contributed by atoms with Crippen LogP contribution in [0.5, 0.6) is 0 Å². The first-order chi connectivity index (χ1) is 3.29. The summed E-state index contributed by atoms with van der Waals surface area (Å²) in [6, 6.07) is 0.424. The van der Waals surface area contributed by atoms with Gasteiger partial charge in [0.15, 0.2) is 0 Å². The molecule has 0 aromatic carbocycles. The first-order valence-electron chi connectivity index (χ1n) is 2.54. The molecular formula is C5H9NO. The molecule has 1 fully saturated rings. The van der Waals surface area contributed by atoms with Crippen molar-refractivity contribution in [3.05, 3.63) is 0 Å². The molecule has 0 radical (unpaired) electrons. The molecule has 1 atom stereocenters. The van der Waals surface area contributed by atoms with Gasteiger partial charge < -0.3 is 5.32 Å². The van der Waals surface area contributed by atoms with Crippen LogP contribution in [-0.2, 0) is 4.79 Å². The Bertz CT molecular complexity index is 90.1. The molecule has 2 nitrogen and oxygen atoms in total. The number of carbonyl (C=O) groups excluding carboxylic acids is 1. The molecule has 0 bridgehead atoms. The van der Waals surface area contributed by atoms with Crippen LogP contribution in [0.1, 0.15) is 13.3 Å². The Kier molecular flexibility index (Phi) is 1.11. The number of Topliss-reactive ketones (excluding diaryl/α,β-unsaturated/α-hetero) is 1. The van der Waals surface area contributed by atoms with Crippen LogP contribution >= 0.6 is 0 Å². The number of hydrogen-bond donors (Lipinski definition) is 1. The first kappa shape index (κ1) is 4.78. The Hall–Kier alpha value is -0.370. The first-order valence-corrected chi connectivity index (χ1v) is 2.54. The van der Waals surface area contributed by atoms with Crippen LogP contribution in [0, 0.1) is 0 Å². The topological polar surface area (TPSA) is 29.1 Å². The molecule has 40 valence electrons. The molecule has 0 aromatic rings. The fourth-order valence-corrected chi connectivity index (χ4v) is 0.774. The van der Waals surface area contributed by atoms with Crippen molar-refractivity contribution in [1.29, 1.82) is 0 Å². The third-order valence-corrected chi connectivity index (χ3v) is 1.18. The second kappa shape index (κ2) is 1.62. The van der Waals surface area contributed by atoms with E-state index in [-0.39, 0.29) is 0 Å². The van der Waals surface area contributed by atoms with Crippen molar-refractivity contribution >= 4 is 5.78 Å². The zero-order valence-electron chi connectivity index (χ0n) is 4.40. The van der Waals surface area contributed by atoms with Crippen LogP contribution in [0.25, 0.3) is 0 Å². The van der Waals surface area contributed by atoms with Gasteiger partial charge in [0.05, 0.1) is 6.54 Å². The summed E-state index contributed by atoms with van der Waals surface area (Å²) in [5, 5.41) is 3.02. The third-order valence-electron chi connectivity index (χ3n) is 1.18. The number of nitrogens with one attached hydrogen (secondary N) is 1. The Morgan fingerprint density at radius 3 is 2.71 bits per heavy atom. The Labute approximate surface area is 42.9 Å². The molecule has 0 spiro atoms. The van der Waals surface area contributed by atoms with Gasteiger partial charge in [0.1, 0.15) is 5.78 Å². The zero-order chi connectivity index (χ0) is 5.28. The van der Waals surface area contributed by atoms with Crippen molar-refractivity contribution < 1.29 is 4.79 Å². The number of carbonyl (C=O) groups is 1. The molecule has 7 heavy (non-hydrogen) atoms. The van der Waals surface area contributed by atoms with Gasteiger partial charge in [0.2, 0.25) is 0 Å². The monoisotopic (exact) mass is 99.1 g/mol. The SMILES string of the molecule is CC1CC(=O)CN1. The Balaban J connectivity index is 2.40. The zero-order valence-corrected chi connectivity index (χ0v) is 4.40. The van der Waals surface area contributed by atoms with Crippen LogP contribution < -0.4 is 5.32 Å². The lowest BCUT2D eigenvalue weighted by Gasteiger charge is -1.93. The molecule has 0 amide bonds. The third kappa shape index (κ3) is 0.996. The standard InChI is InChI=1S/C5H9NO/c1-4-2-5(7)3-6-4/h4,6H,2-3H2,1H3. The van der Waals surface area contributed by atoms with E-state index >= 15 is 0 Å². The number of rotatable bonds is 0. The fraction of sp³-hybridized carbons (Fsp3) is 0.800. The Morgan fingerprint density at radius 2 is 2.57 bits per heavy atom. The summed E-state index contributed by atoms with van der Waals surface area (Å²) >= 11 is 0. The van der Waals surface area contributed by atoms with Gasteiger partial charge in [0, 0.05) is 12.5 Å². The van der Waals surface area contributed by atoms with E-state index in [2.05, 4.69) is 5.32 Å². The van der Waals surface area contributed by atoms with Crippen molar-refractivity contribution in [3.63, 3.8) is 0 Å². The second-order valence-corrected chi connectivity index (χ2v) is 2.02. The lowest BCUT2D eigenvalue weighted by Crippen LogP contribution is -2.16. The highest BCUT2D eigenvalue weighted by Crippen LogP contribution is 1.97. The minimum Gasteiger partial charge on any atom is -0.307 e. The van der Waals surface area contributed by atoms with Crippen molar-refractivity contribution in [2.24, 2.45) is 0 Å². The van der Waals surface area contributed by atoms with E-state index in [4.69, 9.17) is 0 Å². The van der Waals surface area contributed by atoms with Crippen LogP contribution in [0.3, 0.4) is 0 Å². The van der Waals surface area contributed by atoms with Crippen LogP contribution in [-0.4, -0.2) is 18.4 Å². The van der Waals surface area contributed by atoms with Gasteiger partial charge >= 0.3 is 0 Å². The second-order valence-electron chi connectivity index (χ2n) is 2.02. The molecule has 1 N–H and O–H groups in total. The Morgan fingerprint density at radius 1 is 1.86 bits per heavy atom. The maximum absolute atomic E-state index is 10.4. The molecular weight excluding hydrogens is 90.1 g/mol. The van der Waals surface area contributed by atoms with E-state index in [1.807, 2.05) is 6.92 Å². The molecule has 1 heterocycles. The van der Waals surface area contributed by atoms with Gasteiger partial charge in [-0.05, 0) is 6.92 Å². The summed E-state index contributed by atoms with van der Waals surface area (Å²) < 4.78 is 0. The van der Waals surface area contributed by atoms with Crippen LogP contribution in [0.4, 0.5) is 0 Å². The molecule has 1 aliphatic rings. The highest BCUT2D eigenvalue weighted by atomic mass is 16.1. The summed E-state index contributed by atoms with van der Waals surface area (Å²) in [6.45, 7) is 2.60. The smallest absolute Gasteiger partial charge is 0.148 e.